The number of carbonyl (C=O) groups is 2. The Labute approximate surface area is 255 Å². The first kappa shape index (κ1) is 33.9. The van der Waals surface area contributed by atoms with Gasteiger partial charge in [0.1, 0.15) is 23.4 Å². The van der Waals surface area contributed by atoms with E-state index in [0.717, 1.165) is 21.4 Å². The Hall–Kier alpha value is -4.59. The van der Waals surface area contributed by atoms with E-state index in [0.29, 0.717) is 29.1 Å². The van der Waals surface area contributed by atoms with Crippen molar-refractivity contribution < 1.29 is 37.0 Å². The molecule has 234 valence electrons. The number of fused-ring (bicyclic) bond motifs is 1. The molecule has 0 aliphatic rings. The van der Waals surface area contributed by atoms with E-state index in [-0.39, 0.29) is 12.1 Å². The largest absolute Gasteiger partial charge is 0.494 e. The van der Waals surface area contributed by atoms with E-state index >= 15 is 4.39 Å². The van der Waals surface area contributed by atoms with E-state index in [1.54, 1.807) is 42.4 Å². The monoisotopic (exact) mass is 633 g/mol. The topological polar surface area (TPSA) is 139 Å². The molecule has 14 heteroatoms. The van der Waals surface area contributed by atoms with E-state index in [1.807, 2.05) is 37.3 Å². The number of carboxylic acid groups (broad SMARTS) is 1. The Bertz CT molecular complexity index is 1600. The predicted molar refractivity (Wildman–Crippen MR) is 161 cm³/mol. The van der Waals surface area contributed by atoms with Crippen LogP contribution in [-0.4, -0.2) is 45.0 Å². The highest BCUT2D eigenvalue weighted by Crippen LogP contribution is 2.30. The summed E-state index contributed by atoms with van der Waals surface area (Å²) in [6.07, 6.45) is -1.76. The lowest BCUT2D eigenvalue weighted by Crippen LogP contribution is -2.34. The van der Waals surface area contributed by atoms with Crippen molar-refractivity contribution in [3.63, 3.8) is 0 Å². The van der Waals surface area contributed by atoms with E-state index in [1.165, 1.54) is 6.07 Å². The van der Waals surface area contributed by atoms with Gasteiger partial charge in [-0.25, -0.2) is 14.2 Å². The summed E-state index contributed by atoms with van der Waals surface area (Å²) in [6.45, 7) is 6.68. The molecule has 1 amide bonds. The van der Waals surface area contributed by atoms with Crippen LogP contribution in [0.25, 0.3) is 10.8 Å². The molecule has 2 aromatic carbocycles. The van der Waals surface area contributed by atoms with Crippen LogP contribution in [0, 0.1) is 5.82 Å². The number of amides is 1. The van der Waals surface area contributed by atoms with Crippen molar-refractivity contribution in [1.29, 1.82) is 0 Å². The first-order valence-electron chi connectivity index (χ1n) is 13.3. The molecule has 0 radical (unpaired) electrons. The third-order valence-electron chi connectivity index (χ3n) is 5.84. The molecule has 2 aromatic heterocycles. The third kappa shape index (κ3) is 9.46. The molecule has 0 bridgehead atoms. The summed E-state index contributed by atoms with van der Waals surface area (Å²) in [4.78, 5) is 32.0. The second-order valence-electron chi connectivity index (χ2n) is 9.46. The molecule has 2 heterocycles. The molecule has 1 atom stereocenters. The number of anilines is 2. The van der Waals surface area contributed by atoms with Gasteiger partial charge in [-0.05, 0) is 66.9 Å². The minimum absolute atomic E-state index is 0.176. The van der Waals surface area contributed by atoms with Crippen molar-refractivity contribution in [2.75, 3.05) is 17.7 Å². The summed E-state index contributed by atoms with van der Waals surface area (Å²) < 4.78 is 52.4. The van der Waals surface area contributed by atoms with Gasteiger partial charge in [0.25, 0.3) is 0 Å². The molecule has 5 N–H and O–H groups in total. The van der Waals surface area contributed by atoms with Gasteiger partial charge in [0, 0.05) is 39.2 Å². The highest BCUT2D eigenvalue weighted by atomic mass is 32.2. The fourth-order valence-corrected chi connectivity index (χ4v) is 4.86. The number of hydrogen-bond donors (Lipinski definition) is 4. The number of alkyl halides is 3. The number of nitrogens with zero attached hydrogens (tertiary/aromatic N) is 2. The zero-order valence-corrected chi connectivity index (χ0v) is 24.8. The lowest BCUT2D eigenvalue weighted by atomic mass is 10.0. The number of nitrogens with two attached hydrogens (primary N) is 1. The number of carboxylic acids is 1. The van der Waals surface area contributed by atoms with Crippen LogP contribution in [0.1, 0.15) is 38.1 Å². The maximum absolute atomic E-state index is 15.1. The number of rotatable bonds is 10. The number of benzene rings is 2. The molecule has 0 aliphatic heterocycles. The van der Waals surface area contributed by atoms with Gasteiger partial charge in [-0.15, -0.1) is 11.8 Å². The van der Waals surface area contributed by atoms with E-state index in [9.17, 15) is 18.0 Å². The highest BCUT2D eigenvalue weighted by molar-refractivity contribution is 8.00. The first-order chi connectivity index (χ1) is 20.8. The number of pyridine rings is 2. The number of aliphatic carboxylic acids is 1. The standard InChI is InChI=1S/C28H30FN5O2S.C2HF3O2/c1-4-36-20-8-10-23(29)22(15-20)26(34-19-7-9-21-18(14-19)11-13-32-27(21)30)28(35)33-16-24-25(37-17(2)3)6-5-12-31-24;3-2(4,5)1(6)7/h5-15,17,26,34H,4,16H2,1-3H3,(H2,30,32)(H,33,35);(H,6,7). The van der Waals surface area contributed by atoms with Crippen molar-refractivity contribution >= 4 is 45.9 Å². The smallest absolute Gasteiger partial charge is 0.490 e. The molecule has 0 aliphatic carbocycles. The maximum Gasteiger partial charge on any atom is 0.490 e. The first-order valence-corrected chi connectivity index (χ1v) is 14.2. The van der Waals surface area contributed by atoms with Crippen LogP contribution in [-0.2, 0) is 16.1 Å². The molecule has 0 fully saturated rings. The van der Waals surface area contributed by atoms with Crippen LogP contribution in [0.3, 0.4) is 0 Å². The number of halogens is 4. The number of nitrogens with one attached hydrogen (secondary N) is 2. The molecule has 4 rings (SSSR count). The number of aromatic nitrogens is 2. The Morgan fingerprint density at radius 2 is 1.80 bits per heavy atom. The average molecular weight is 634 g/mol. The number of hydrogen-bond acceptors (Lipinski definition) is 8. The van der Waals surface area contributed by atoms with Crippen molar-refractivity contribution in [2.24, 2.45) is 0 Å². The third-order valence-corrected chi connectivity index (χ3v) is 6.94. The summed E-state index contributed by atoms with van der Waals surface area (Å²) in [6, 6.07) is 14.5. The van der Waals surface area contributed by atoms with Gasteiger partial charge in [-0.1, -0.05) is 13.8 Å². The summed E-state index contributed by atoms with van der Waals surface area (Å²) in [5.41, 5.74) is 7.55. The number of thioether (sulfide) groups is 1. The molecule has 1 unspecified atom stereocenters. The Kier molecular flexibility index (Phi) is 11.7. The van der Waals surface area contributed by atoms with Crippen molar-refractivity contribution in [3.05, 3.63) is 84.1 Å². The van der Waals surface area contributed by atoms with Crippen LogP contribution >= 0.6 is 11.8 Å². The minimum Gasteiger partial charge on any atom is -0.494 e. The van der Waals surface area contributed by atoms with Crippen LogP contribution in [0.4, 0.5) is 29.1 Å². The average Bonchev–Trinajstić information content (AvgIpc) is 2.96. The SMILES string of the molecule is CCOc1ccc(F)c(C(Nc2ccc3c(N)nccc3c2)C(=O)NCc2ncccc2SC(C)C)c1.O=C(O)C(F)(F)F. The van der Waals surface area contributed by atoms with Crippen LogP contribution in [0.5, 0.6) is 5.75 Å². The minimum atomic E-state index is -5.08. The van der Waals surface area contributed by atoms with Gasteiger partial charge >= 0.3 is 12.1 Å². The van der Waals surface area contributed by atoms with E-state index < -0.39 is 29.9 Å². The quantitative estimate of drug-likeness (QED) is 0.116. The number of nitrogen functional groups attached to an aromatic ring is 1. The molecule has 0 saturated carbocycles. The fourth-order valence-electron chi connectivity index (χ4n) is 3.93. The van der Waals surface area contributed by atoms with Crippen LogP contribution < -0.4 is 21.1 Å². The normalized spacial score (nSPS) is 11.8. The van der Waals surface area contributed by atoms with Gasteiger partial charge in [0.05, 0.1) is 18.8 Å². The maximum atomic E-state index is 15.1. The summed E-state index contributed by atoms with van der Waals surface area (Å²) in [5, 5.41) is 15.3. The van der Waals surface area contributed by atoms with Gasteiger partial charge in [-0.2, -0.15) is 13.2 Å². The lowest BCUT2D eigenvalue weighted by molar-refractivity contribution is -0.192. The second-order valence-corrected chi connectivity index (χ2v) is 11.1. The van der Waals surface area contributed by atoms with Gasteiger partial charge in [0.2, 0.25) is 5.91 Å². The van der Waals surface area contributed by atoms with Gasteiger partial charge in [-0.3, -0.25) is 9.78 Å². The van der Waals surface area contributed by atoms with Crippen LogP contribution in [0.2, 0.25) is 0 Å². The Morgan fingerprint density at radius 1 is 1.07 bits per heavy atom. The molecule has 4 aromatic rings. The summed E-state index contributed by atoms with van der Waals surface area (Å²) in [5.74, 6) is -2.77. The summed E-state index contributed by atoms with van der Waals surface area (Å²) >= 11 is 1.67. The molecule has 0 spiro atoms. The molecular weight excluding hydrogens is 602 g/mol. The Balaban J connectivity index is 0.000000676. The summed E-state index contributed by atoms with van der Waals surface area (Å²) in [7, 11) is 0. The van der Waals surface area contributed by atoms with E-state index in [4.69, 9.17) is 20.4 Å². The van der Waals surface area contributed by atoms with Crippen LogP contribution in [0.15, 0.2) is 71.9 Å². The van der Waals surface area contributed by atoms with E-state index in [2.05, 4.69) is 34.4 Å². The molecular formula is C30H31F4N5O4S. The zero-order chi connectivity index (χ0) is 32.4. The van der Waals surface area contributed by atoms with Crippen molar-refractivity contribution in [1.82, 2.24) is 15.3 Å². The van der Waals surface area contributed by atoms with Gasteiger partial charge in [0.15, 0.2) is 0 Å². The lowest BCUT2D eigenvalue weighted by Gasteiger charge is -2.22. The zero-order valence-electron chi connectivity index (χ0n) is 24.0. The Morgan fingerprint density at radius 3 is 2.45 bits per heavy atom. The van der Waals surface area contributed by atoms with Gasteiger partial charge < -0.3 is 26.2 Å². The molecule has 44 heavy (non-hydrogen) atoms. The second kappa shape index (κ2) is 15.2. The fraction of sp³-hybridized carbons (Fsp3) is 0.267. The number of carbonyl (C=O) groups excluding carboxylic acids is 1. The highest BCUT2D eigenvalue weighted by Gasteiger charge is 2.38. The number of ether oxygens (including phenoxy) is 1. The van der Waals surface area contributed by atoms with Crippen molar-refractivity contribution in [3.8, 4) is 5.75 Å². The molecule has 9 nitrogen and oxygen atoms in total. The predicted octanol–water partition coefficient (Wildman–Crippen LogP) is 6.35. The van der Waals surface area contributed by atoms with Crippen molar-refractivity contribution in [2.45, 2.75) is 49.7 Å². The molecule has 0 saturated heterocycles.